The number of carbonyl (C=O) groups excluding carboxylic acids is 1. The van der Waals surface area contributed by atoms with Gasteiger partial charge in [0.1, 0.15) is 10.1 Å². The van der Waals surface area contributed by atoms with Gasteiger partial charge in [0.05, 0.1) is 4.91 Å². The first kappa shape index (κ1) is 12.9. The maximum Gasteiger partial charge on any atom is 0.266 e. The summed E-state index contributed by atoms with van der Waals surface area (Å²) >= 11 is 6.36. The van der Waals surface area contributed by atoms with E-state index in [0.29, 0.717) is 21.3 Å². The Morgan fingerprint density at radius 2 is 2.17 bits per heavy atom. The van der Waals surface area contributed by atoms with E-state index in [0.717, 1.165) is 0 Å². The van der Waals surface area contributed by atoms with Crippen LogP contribution in [0.5, 0.6) is 5.75 Å². The van der Waals surface area contributed by atoms with Crippen LogP contribution in [0.1, 0.15) is 5.56 Å². The number of aromatic hydroxyl groups is 1. The number of thioether (sulfide) groups is 1. The van der Waals surface area contributed by atoms with Gasteiger partial charge < -0.3 is 5.11 Å². The Hall–Kier alpha value is -1.59. The van der Waals surface area contributed by atoms with Gasteiger partial charge in [-0.25, -0.2) is 0 Å². The zero-order valence-corrected chi connectivity index (χ0v) is 11.1. The summed E-state index contributed by atoms with van der Waals surface area (Å²) in [5.74, 6) is -0.000331. The molecule has 1 aromatic rings. The minimum absolute atomic E-state index is 0.145. The highest BCUT2D eigenvalue weighted by atomic mass is 32.2. The topological polar surface area (TPSA) is 40.5 Å². The van der Waals surface area contributed by atoms with E-state index < -0.39 is 0 Å². The van der Waals surface area contributed by atoms with Crippen LogP contribution >= 0.6 is 24.0 Å². The van der Waals surface area contributed by atoms with Crippen LogP contribution in [-0.4, -0.2) is 26.8 Å². The van der Waals surface area contributed by atoms with E-state index in [1.54, 1.807) is 36.4 Å². The third-order valence-corrected chi connectivity index (χ3v) is 3.79. The summed E-state index contributed by atoms with van der Waals surface area (Å²) in [5, 5.41) is 9.66. The molecule has 0 aromatic heterocycles. The molecule has 1 amide bonds. The van der Waals surface area contributed by atoms with Gasteiger partial charge in [0, 0.05) is 12.1 Å². The second-order valence-electron chi connectivity index (χ2n) is 3.64. The molecule has 0 saturated carbocycles. The van der Waals surface area contributed by atoms with Crippen LogP contribution in [0.25, 0.3) is 6.08 Å². The van der Waals surface area contributed by atoms with E-state index in [1.165, 1.54) is 16.7 Å². The fraction of sp³-hybridized carbons (Fsp3) is 0.0769. The molecule has 0 atom stereocenters. The van der Waals surface area contributed by atoms with Gasteiger partial charge in [-0.1, -0.05) is 48.3 Å². The van der Waals surface area contributed by atoms with Crippen molar-refractivity contribution in [3.63, 3.8) is 0 Å². The molecule has 1 N–H and O–H groups in total. The molecule has 0 radical (unpaired) electrons. The van der Waals surface area contributed by atoms with E-state index in [2.05, 4.69) is 6.58 Å². The number of phenols is 1. The van der Waals surface area contributed by atoms with Crippen molar-refractivity contribution in [2.45, 2.75) is 0 Å². The summed E-state index contributed by atoms with van der Waals surface area (Å²) in [5.41, 5.74) is 0.608. The Kier molecular flexibility index (Phi) is 3.84. The van der Waals surface area contributed by atoms with Gasteiger partial charge >= 0.3 is 0 Å². The zero-order valence-electron chi connectivity index (χ0n) is 9.50. The lowest BCUT2D eigenvalue weighted by Crippen LogP contribution is -2.27. The average molecular weight is 277 g/mol. The molecule has 1 fully saturated rings. The number of para-hydroxylation sites is 1. The third-order valence-electron chi connectivity index (χ3n) is 2.41. The molecule has 0 bridgehead atoms. The van der Waals surface area contributed by atoms with Crippen LogP contribution in [0.4, 0.5) is 0 Å². The van der Waals surface area contributed by atoms with Crippen LogP contribution in [0.3, 0.4) is 0 Å². The predicted octanol–water partition coefficient (Wildman–Crippen LogP) is 2.78. The SMILES string of the molecule is C=CCN1C(=O)/C(=C/c2ccccc2O)SC1=S. The first-order valence-corrected chi connectivity index (χ1v) is 6.50. The number of carbonyl (C=O) groups is 1. The van der Waals surface area contributed by atoms with Gasteiger partial charge in [-0.05, 0) is 12.1 Å². The monoisotopic (exact) mass is 277 g/mol. The van der Waals surface area contributed by atoms with E-state index in [1.807, 2.05) is 0 Å². The van der Waals surface area contributed by atoms with Crippen LogP contribution < -0.4 is 0 Å². The van der Waals surface area contributed by atoms with Gasteiger partial charge in [-0.15, -0.1) is 6.58 Å². The summed E-state index contributed by atoms with van der Waals surface area (Å²) in [4.78, 5) is 14.0. The Morgan fingerprint density at radius 3 is 2.83 bits per heavy atom. The molecular formula is C13H11NO2S2. The Labute approximate surface area is 115 Å². The van der Waals surface area contributed by atoms with Crippen LogP contribution in [0.15, 0.2) is 41.8 Å². The fourth-order valence-corrected chi connectivity index (χ4v) is 2.80. The van der Waals surface area contributed by atoms with Crippen molar-refractivity contribution in [3.8, 4) is 5.75 Å². The minimum Gasteiger partial charge on any atom is -0.507 e. The number of thiocarbonyl (C=S) groups is 1. The molecule has 0 aliphatic carbocycles. The van der Waals surface area contributed by atoms with Crippen molar-refractivity contribution in [1.82, 2.24) is 4.90 Å². The fourth-order valence-electron chi connectivity index (χ4n) is 1.54. The molecule has 2 rings (SSSR count). The number of nitrogens with zero attached hydrogens (tertiary/aromatic N) is 1. The number of hydrogen-bond donors (Lipinski definition) is 1. The molecule has 18 heavy (non-hydrogen) atoms. The number of hydrogen-bond acceptors (Lipinski definition) is 4. The first-order valence-electron chi connectivity index (χ1n) is 5.27. The lowest BCUT2D eigenvalue weighted by molar-refractivity contribution is -0.121. The van der Waals surface area contributed by atoms with Crippen molar-refractivity contribution in [2.75, 3.05) is 6.54 Å². The Morgan fingerprint density at radius 1 is 1.44 bits per heavy atom. The Balaban J connectivity index is 2.31. The van der Waals surface area contributed by atoms with Crippen LogP contribution in [-0.2, 0) is 4.79 Å². The van der Waals surface area contributed by atoms with Gasteiger partial charge in [-0.3, -0.25) is 9.69 Å². The van der Waals surface area contributed by atoms with Crippen molar-refractivity contribution in [3.05, 3.63) is 47.4 Å². The number of rotatable bonds is 3. The van der Waals surface area contributed by atoms with Crippen molar-refractivity contribution < 1.29 is 9.90 Å². The summed E-state index contributed by atoms with van der Waals surface area (Å²) in [6.45, 7) is 4.00. The summed E-state index contributed by atoms with van der Waals surface area (Å²) in [7, 11) is 0. The maximum atomic E-state index is 12.0. The van der Waals surface area contributed by atoms with Gasteiger partial charge in [-0.2, -0.15) is 0 Å². The molecule has 0 unspecified atom stereocenters. The molecular weight excluding hydrogens is 266 g/mol. The number of amides is 1. The molecule has 1 saturated heterocycles. The molecule has 1 aromatic carbocycles. The van der Waals surface area contributed by atoms with Crippen molar-refractivity contribution in [1.29, 1.82) is 0 Å². The van der Waals surface area contributed by atoms with Gasteiger partial charge in [0.15, 0.2) is 0 Å². The van der Waals surface area contributed by atoms with E-state index in [-0.39, 0.29) is 11.7 Å². The summed E-state index contributed by atoms with van der Waals surface area (Å²) in [6.07, 6.45) is 3.28. The van der Waals surface area contributed by atoms with Crippen molar-refractivity contribution in [2.24, 2.45) is 0 Å². The lowest BCUT2D eigenvalue weighted by Gasteiger charge is -2.10. The Bertz CT molecular complexity index is 552. The zero-order chi connectivity index (χ0) is 13.1. The average Bonchev–Trinajstić information content (AvgIpc) is 2.60. The third kappa shape index (κ3) is 2.47. The molecule has 0 spiro atoms. The molecule has 1 aliphatic rings. The highest BCUT2D eigenvalue weighted by molar-refractivity contribution is 8.26. The second-order valence-corrected chi connectivity index (χ2v) is 5.32. The molecule has 1 aliphatic heterocycles. The highest BCUT2D eigenvalue weighted by Crippen LogP contribution is 2.33. The molecule has 1 heterocycles. The van der Waals surface area contributed by atoms with E-state index >= 15 is 0 Å². The first-order chi connectivity index (χ1) is 8.63. The normalized spacial score (nSPS) is 17.6. The van der Waals surface area contributed by atoms with Gasteiger partial charge in [0.25, 0.3) is 5.91 Å². The smallest absolute Gasteiger partial charge is 0.266 e. The number of benzene rings is 1. The van der Waals surface area contributed by atoms with E-state index in [9.17, 15) is 9.90 Å². The summed E-state index contributed by atoms with van der Waals surface area (Å²) in [6, 6.07) is 6.86. The minimum atomic E-state index is -0.145. The predicted molar refractivity (Wildman–Crippen MR) is 78.2 cm³/mol. The largest absolute Gasteiger partial charge is 0.507 e. The molecule has 5 heteroatoms. The van der Waals surface area contributed by atoms with Gasteiger partial charge in [0.2, 0.25) is 0 Å². The highest BCUT2D eigenvalue weighted by Gasteiger charge is 2.31. The molecule has 3 nitrogen and oxygen atoms in total. The summed E-state index contributed by atoms with van der Waals surface area (Å²) < 4.78 is 0.515. The quantitative estimate of drug-likeness (QED) is 0.524. The van der Waals surface area contributed by atoms with Crippen molar-refractivity contribution >= 4 is 40.3 Å². The number of phenolic OH excluding ortho intramolecular Hbond substituents is 1. The second kappa shape index (κ2) is 5.37. The van der Waals surface area contributed by atoms with Crippen LogP contribution in [0.2, 0.25) is 0 Å². The molecule has 92 valence electrons. The standard InChI is InChI=1S/C13H11NO2S2/c1-2-7-14-12(16)11(18-13(14)17)8-9-5-3-4-6-10(9)15/h2-6,8,15H,1,7H2/b11-8-. The van der Waals surface area contributed by atoms with E-state index in [4.69, 9.17) is 12.2 Å². The lowest BCUT2D eigenvalue weighted by atomic mass is 10.2. The maximum absolute atomic E-state index is 12.0. The van der Waals surface area contributed by atoms with Crippen LogP contribution in [0, 0.1) is 0 Å².